The van der Waals surface area contributed by atoms with Crippen LogP contribution in [0.25, 0.3) is 0 Å². The number of rotatable bonds is 1. The minimum absolute atomic E-state index is 0.0326. The second-order valence-corrected chi connectivity index (χ2v) is 3.86. The van der Waals surface area contributed by atoms with E-state index in [0.717, 1.165) is 0 Å². The Morgan fingerprint density at radius 2 is 1.83 bits per heavy atom. The van der Waals surface area contributed by atoms with Crippen LogP contribution in [0.3, 0.4) is 0 Å². The molecule has 3 heteroatoms. The van der Waals surface area contributed by atoms with Crippen LogP contribution >= 0.6 is 0 Å². The summed E-state index contributed by atoms with van der Waals surface area (Å²) in [7, 11) is 0. The third kappa shape index (κ3) is 1.63. The predicted molar refractivity (Wildman–Crippen MR) is 47.7 cm³/mol. The smallest absolute Gasteiger partial charge is 0.0838 e. The molecule has 0 radical (unpaired) electrons. The number of hydrogen-bond donors (Lipinski definition) is 2. The number of nitrogens with two attached hydrogens (primary N) is 1. The highest BCUT2D eigenvalue weighted by atomic mass is 16.5. The molecule has 3 N–H and O–H groups in total. The van der Waals surface area contributed by atoms with Gasteiger partial charge in [0, 0.05) is 6.04 Å². The van der Waals surface area contributed by atoms with Crippen LogP contribution in [0.1, 0.15) is 20.8 Å². The molecule has 0 spiro atoms. The summed E-state index contributed by atoms with van der Waals surface area (Å²) in [6, 6.07) is 0.0998. The maximum absolute atomic E-state index is 9.02. The zero-order valence-electron chi connectivity index (χ0n) is 8.03. The van der Waals surface area contributed by atoms with Crippen molar-refractivity contribution in [3.05, 3.63) is 0 Å². The summed E-state index contributed by atoms with van der Waals surface area (Å²) >= 11 is 0. The van der Waals surface area contributed by atoms with E-state index < -0.39 is 0 Å². The zero-order chi connectivity index (χ0) is 9.30. The third-order valence-corrected chi connectivity index (χ3v) is 3.13. The lowest BCUT2D eigenvalue weighted by Gasteiger charge is -2.41. The second-order valence-electron chi connectivity index (χ2n) is 3.86. The molecule has 72 valence electrons. The van der Waals surface area contributed by atoms with Crippen LogP contribution in [0.2, 0.25) is 0 Å². The molecule has 0 amide bonds. The van der Waals surface area contributed by atoms with Gasteiger partial charge in [-0.15, -0.1) is 0 Å². The molecule has 0 aromatic carbocycles. The highest BCUT2D eigenvalue weighted by Crippen LogP contribution is 2.28. The second kappa shape index (κ2) is 3.73. The van der Waals surface area contributed by atoms with E-state index in [2.05, 4.69) is 13.8 Å². The first-order valence-electron chi connectivity index (χ1n) is 4.59. The van der Waals surface area contributed by atoms with Gasteiger partial charge in [0.25, 0.3) is 0 Å². The highest BCUT2D eigenvalue weighted by molar-refractivity contribution is 4.88. The molecule has 0 aliphatic carbocycles. The fraction of sp³-hybridized carbons (Fsp3) is 1.00. The van der Waals surface area contributed by atoms with Crippen LogP contribution in [0.5, 0.6) is 0 Å². The summed E-state index contributed by atoms with van der Waals surface area (Å²) in [5.41, 5.74) is 5.92. The summed E-state index contributed by atoms with van der Waals surface area (Å²) in [5.74, 6) is 0.770. The maximum Gasteiger partial charge on any atom is 0.0838 e. The topological polar surface area (TPSA) is 55.5 Å². The van der Waals surface area contributed by atoms with E-state index in [9.17, 15) is 0 Å². The molecule has 1 aliphatic heterocycles. The molecular weight excluding hydrogens is 154 g/mol. The Hall–Kier alpha value is -0.120. The molecule has 3 nitrogen and oxygen atoms in total. The number of ether oxygens (including phenoxy) is 1. The summed E-state index contributed by atoms with van der Waals surface area (Å²) in [6.07, 6.45) is 0.0307. The fourth-order valence-electron chi connectivity index (χ4n) is 1.82. The standard InChI is InChI=1S/C9H19NO2/c1-5-6(2)9(10)7(3)12-8(5)4-11/h5-9,11H,4,10H2,1-3H3. The first kappa shape index (κ1) is 9.96. The van der Waals surface area contributed by atoms with Crippen molar-refractivity contribution in [2.24, 2.45) is 17.6 Å². The summed E-state index contributed by atoms with van der Waals surface area (Å²) < 4.78 is 5.56. The first-order chi connectivity index (χ1) is 5.57. The average molecular weight is 173 g/mol. The Bertz CT molecular complexity index is 147. The first-order valence-corrected chi connectivity index (χ1v) is 4.59. The molecule has 0 aromatic rings. The Morgan fingerprint density at radius 1 is 1.25 bits per heavy atom. The van der Waals surface area contributed by atoms with Crippen molar-refractivity contribution in [3.63, 3.8) is 0 Å². The third-order valence-electron chi connectivity index (χ3n) is 3.13. The zero-order valence-corrected chi connectivity index (χ0v) is 8.03. The SMILES string of the molecule is CC1OC(CO)C(C)C(C)C1N. The van der Waals surface area contributed by atoms with Gasteiger partial charge >= 0.3 is 0 Å². The lowest BCUT2D eigenvalue weighted by atomic mass is 9.81. The quantitative estimate of drug-likeness (QED) is 0.602. The molecule has 0 bridgehead atoms. The van der Waals surface area contributed by atoms with Gasteiger partial charge in [-0.25, -0.2) is 0 Å². The van der Waals surface area contributed by atoms with Crippen LogP contribution in [0, 0.1) is 11.8 Å². The molecule has 12 heavy (non-hydrogen) atoms. The van der Waals surface area contributed by atoms with Crippen LogP contribution in [-0.2, 0) is 4.74 Å². The van der Waals surface area contributed by atoms with Gasteiger partial charge in [-0.3, -0.25) is 0 Å². The molecule has 1 fully saturated rings. The summed E-state index contributed by atoms with van der Waals surface area (Å²) in [5, 5.41) is 9.02. The van der Waals surface area contributed by atoms with Crippen molar-refractivity contribution in [2.75, 3.05) is 6.61 Å². The maximum atomic E-state index is 9.02. The molecule has 1 aliphatic rings. The van der Waals surface area contributed by atoms with Crippen LogP contribution < -0.4 is 5.73 Å². The predicted octanol–water partition coefficient (Wildman–Crippen LogP) is 0.366. The molecule has 5 unspecified atom stereocenters. The average Bonchev–Trinajstić information content (AvgIpc) is 2.08. The van der Waals surface area contributed by atoms with Crippen molar-refractivity contribution in [1.29, 1.82) is 0 Å². The minimum Gasteiger partial charge on any atom is -0.394 e. The molecule has 1 heterocycles. The summed E-state index contributed by atoms with van der Waals surface area (Å²) in [6.45, 7) is 6.27. The van der Waals surface area contributed by atoms with Crippen molar-refractivity contribution in [1.82, 2.24) is 0 Å². The van der Waals surface area contributed by atoms with Crippen LogP contribution in [0.15, 0.2) is 0 Å². The van der Waals surface area contributed by atoms with Crippen molar-refractivity contribution in [3.8, 4) is 0 Å². The minimum atomic E-state index is -0.0326. The van der Waals surface area contributed by atoms with E-state index in [4.69, 9.17) is 15.6 Å². The van der Waals surface area contributed by atoms with Crippen LogP contribution in [0.4, 0.5) is 0 Å². The van der Waals surface area contributed by atoms with Gasteiger partial charge in [-0.1, -0.05) is 13.8 Å². The van der Waals surface area contributed by atoms with Gasteiger partial charge < -0.3 is 15.6 Å². The number of aliphatic hydroxyl groups is 1. The molecule has 1 saturated heterocycles. The van der Waals surface area contributed by atoms with Crippen molar-refractivity contribution in [2.45, 2.75) is 39.0 Å². The van der Waals surface area contributed by atoms with Crippen LogP contribution in [-0.4, -0.2) is 30.0 Å². The molecule has 1 rings (SSSR count). The van der Waals surface area contributed by atoms with Gasteiger partial charge in [0.2, 0.25) is 0 Å². The van der Waals surface area contributed by atoms with E-state index in [1.54, 1.807) is 0 Å². The number of hydrogen-bond acceptors (Lipinski definition) is 3. The lowest BCUT2D eigenvalue weighted by Crippen LogP contribution is -2.53. The molecule has 0 aromatic heterocycles. The van der Waals surface area contributed by atoms with Gasteiger partial charge in [0.15, 0.2) is 0 Å². The largest absolute Gasteiger partial charge is 0.394 e. The molecule has 5 atom stereocenters. The Balaban J connectivity index is 2.63. The van der Waals surface area contributed by atoms with Gasteiger partial charge in [0.05, 0.1) is 18.8 Å². The van der Waals surface area contributed by atoms with Gasteiger partial charge in [-0.05, 0) is 18.8 Å². The molecular formula is C9H19NO2. The monoisotopic (exact) mass is 173 g/mol. The Labute approximate surface area is 73.9 Å². The lowest BCUT2D eigenvalue weighted by molar-refractivity contribution is -0.122. The van der Waals surface area contributed by atoms with Gasteiger partial charge in [0.1, 0.15) is 0 Å². The van der Waals surface area contributed by atoms with E-state index in [-0.39, 0.29) is 24.9 Å². The fourth-order valence-corrected chi connectivity index (χ4v) is 1.82. The Kier molecular flexibility index (Phi) is 3.09. The normalized spacial score (nSPS) is 49.2. The van der Waals surface area contributed by atoms with E-state index in [1.165, 1.54) is 0 Å². The van der Waals surface area contributed by atoms with Crippen molar-refractivity contribution < 1.29 is 9.84 Å². The van der Waals surface area contributed by atoms with Crippen molar-refractivity contribution >= 4 is 0 Å². The highest BCUT2D eigenvalue weighted by Gasteiger charge is 2.36. The van der Waals surface area contributed by atoms with E-state index in [0.29, 0.717) is 11.8 Å². The summed E-state index contributed by atoms with van der Waals surface area (Å²) in [4.78, 5) is 0. The van der Waals surface area contributed by atoms with E-state index in [1.807, 2.05) is 6.92 Å². The number of aliphatic hydroxyl groups excluding tert-OH is 1. The Morgan fingerprint density at radius 3 is 2.33 bits per heavy atom. The van der Waals surface area contributed by atoms with E-state index >= 15 is 0 Å². The molecule has 0 saturated carbocycles. The van der Waals surface area contributed by atoms with Gasteiger partial charge in [-0.2, -0.15) is 0 Å².